The van der Waals surface area contributed by atoms with Crippen LogP contribution in [0, 0.1) is 6.92 Å². The summed E-state index contributed by atoms with van der Waals surface area (Å²) >= 11 is 0. The number of hydrogen-bond acceptors (Lipinski definition) is 4. The van der Waals surface area contributed by atoms with E-state index in [1.807, 2.05) is 31.2 Å². The first-order chi connectivity index (χ1) is 11.5. The third-order valence-electron chi connectivity index (χ3n) is 3.80. The van der Waals surface area contributed by atoms with Crippen molar-refractivity contribution in [1.82, 2.24) is 4.98 Å². The van der Waals surface area contributed by atoms with Crippen LogP contribution in [-0.2, 0) is 4.74 Å². The molecule has 1 aromatic heterocycles. The van der Waals surface area contributed by atoms with Crippen molar-refractivity contribution >= 4 is 17.3 Å². The highest BCUT2D eigenvalue weighted by molar-refractivity contribution is 6.03. The molecule has 0 fully saturated rings. The molecule has 0 aliphatic heterocycles. The van der Waals surface area contributed by atoms with E-state index in [2.05, 4.69) is 29.5 Å². The molecule has 0 radical (unpaired) electrons. The van der Waals surface area contributed by atoms with E-state index < -0.39 is 0 Å². The Hall–Kier alpha value is -2.40. The first-order valence-electron chi connectivity index (χ1n) is 8.12. The predicted molar refractivity (Wildman–Crippen MR) is 97.8 cm³/mol. The minimum atomic E-state index is -0.199. The third-order valence-corrected chi connectivity index (χ3v) is 3.80. The zero-order chi connectivity index (χ0) is 17.5. The molecule has 0 saturated carbocycles. The van der Waals surface area contributed by atoms with Crippen LogP contribution in [0.2, 0.25) is 0 Å². The van der Waals surface area contributed by atoms with Crippen LogP contribution in [0.1, 0.15) is 41.4 Å². The van der Waals surface area contributed by atoms with Crippen molar-refractivity contribution in [2.24, 2.45) is 0 Å². The molecule has 5 nitrogen and oxygen atoms in total. The number of amides is 1. The number of aromatic nitrogens is 1. The molecule has 0 atom stereocenters. The van der Waals surface area contributed by atoms with Crippen LogP contribution in [0.4, 0.5) is 11.4 Å². The summed E-state index contributed by atoms with van der Waals surface area (Å²) in [5.74, 6) is 0.134. The van der Waals surface area contributed by atoms with E-state index in [0.29, 0.717) is 24.8 Å². The van der Waals surface area contributed by atoms with Gasteiger partial charge in [-0.3, -0.25) is 4.79 Å². The Labute approximate surface area is 143 Å². The molecule has 0 aliphatic rings. The van der Waals surface area contributed by atoms with Gasteiger partial charge in [-0.1, -0.05) is 32.0 Å². The number of nitrogens with zero attached hydrogens (tertiary/aromatic N) is 1. The molecule has 2 aromatic rings. The summed E-state index contributed by atoms with van der Waals surface area (Å²) < 4.78 is 4.99. The van der Waals surface area contributed by atoms with Crippen LogP contribution in [0.15, 0.2) is 36.5 Å². The van der Waals surface area contributed by atoms with Crippen molar-refractivity contribution in [3.05, 3.63) is 53.3 Å². The molecule has 2 rings (SSSR count). The number of carbonyl (C=O) groups excluding carboxylic acids is 1. The quantitative estimate of drug-likeness (QED) is 0.759. The molecular weight excluding hydrogens is 302 g/mol. The fourth-order valence-electron chi connectivity index (χ4n) is 2.45. The number of pyridine rings is 1. The monoisotopic (exact) mass is 327 g/mol. The number of anilines is 2. The lowest BCUT2D eigenvalue weighted by atomic mass is 9.98. The van der Waals surface area contributed by atoms with Gasteiger partial charge in [0.1, 0.15) is 5.69 Å². The summed E-state index contributed by atoms with van der Waals surface area (Å²) in [5, 5.41) is 6.18. The van der Waals surface area contributed by atoms with E-state index in [1.54, 1.807) is 19.4 Å². The molecule has 128 valence electrons. The number of para-hydroxylation sites is 1. The van der Waals surface area contributed by atoms with Crippen molar-refractivity contribution in [2.75, 3.05) is 30.9 Å². The summed E-state index contributed by atoms with van der Waals surface area (Å²) in [6.45, 7) is 7.54. The molecule has 0 saturated heterocycles. The van der Waals surface area contributed by atoms with Crippen LogP contribution in [-0.4, -0.2) is 31.2 Å². The number of carbonyl (C=O) groups is 1. The highest BCUT2D eigenvalue weighted by atomic mass is 16.5. The molecule has 0 spiro atoms. The van der Waals surface area contributed by atoms with Gasteiger partial charge in [0.05, 0.1) is 18.5 Å². The Bertz CT molecular complexity index is 682. The smallest absolute Gasteiger partial charge is 0.274 e. The minimum absolute atomic E-state index is 0.199. The maximum Gasteiger partial charge on any atom is 0.274 e. The second-order valence-corrected chi connectivity index (χ2v) is 6.00. The molecule has 1 aromatic carbocycles. The van der Waals surface area contributed by atoms with Gasteiger partial charge >= 0.3 is 0 Å². The number of aryl methyl sites for hydroxylation is 1. The summed E-state index contributed by atoms with van der Waals surface area (Å²) in [5.41, 5.74) is 4.31. The molecule has 0 unspecified atom stereocenters. The fourth-order valence-corrected chi connectivity index (χ4v) is 2.45. The van der Waals surface area contributed by atoms with Gasteiger partial charge in [0.2, 0.25) is 0 Å². The summed E-state index contributed by atoms with van der Waals surface area (Å²) in [4.78, 5) is 16.7. The van der Waals surface area contributed by atoms with E-state index in [0.717, 1.165) is 22.5 Å². The first-order valence-corrected chi connectivity index (χ1v) is 8.12. The molecule has 5 heteroatoms. The van der Waals surface area contributed by atoms with Crippen molar-refractivity contribution < 1.29 is 9.53 Å². The maximum atomic E-state index is 12.5. The zero-order valence-electron chi connectivity index (χ0n) is 14.7. The van der Waals surface area contributed by atoms with Gasteiger partial charge in [-0.05, 0) is 36.1 Å². The zero-order valence-corrected chi connectivity index (χ0v) is 14.7. The molecule has 0 bridgehead atoms. The van der Waals surface area contributed by atoms with Crippen molar-refractivity contribution in [3.8, 4) is 0 Å². The van der Waals surface area contributed by atoms with Gasteiger partial charge in [-0.15, -0.1) is 0 Å². The summed E-state index contributed by atoms with van der Waals surface area (Å²) in [6.07, 6.45) is 1.66. The Morgan fingerprint density at radius 3 is 2.67 bits per heavy atom. The lowest BCUT2D eigenvalue weighted by molar-refractivity contribution is 0.102. The Morgan fingerprint density at radius 2 is 2.04 bits per heavy atom. The van der Waals surface area contributed by atoms with Crippen LogP contribution in [0.25, 0.3) is 0 Å². The van der Waals surface area contributed by atoms with Crippen LogP contribution in [0.3, 0.4) is 0 Å². The van der Waals surface area contributed by atoms with Crippen molar-refractivity contribution in [2.45, 2.75) is 26.7 Å². The van der Waals surface area contributed by atoms with Crippen molar-refractivity contribution in [3.63, 3.8) is 0 Å². The van der Waals surface area contributed by atoms with Crippen LogP contribution >= 0.6 is 0 Å². The molecule has 2 N–H and O–H groups in total. The third kappa shape index (κ3) is 4.55. The van der Waals surface area contributed by atoms with E-state index in [4.69, 9.17) is 4.74 Å². The topological polar surface area (TPSA) is 63.2 Å². The van der Waals surface area contributed by atoms with Gasteiger partial charge < -0.3 is 15.4 Å². The second kappa shape index (κ2) is 8.45. The number of ether oxygens (including phenoxy) is 1. The minimum Gasteiger partial charge on any atom is -0.383 e. The summed E-state index contributed by atoms with van der Waals surface area (Å²) in [6, 6.07) is 9.62. The fraction of sp³-hybridized carbons (Fsp3) is 0.368. The van der Waals surface area contributed by atoms with Gasteiger partial charge in [0.15, 0.2) is 0 Å². The van der Waals surface area contributed by atoms with E-state index in [9.17, 15) is 4.79 Å². The maximum absolute atomic E-state index is 12.5. The Kier molecular flexibility index (Phi) is 6.32. The second-order valence-electron chi connectivity index (χ2n) is 6.00. The average molecular weight is 327 g/mol. The number of nitrogens with one attached hydrogen (secondary N) is 2. The van der Waals surface area contributed by atoms with E-state index >= 15 is 0 Å². The van der Waals surface area contributed by atoms with Gasteiger partial charge in [-0.2, -0.15) is 0 Å². The molecule has 0 aliphatic carbocycles. The highest BCUT2D eigenvalue weighted by Crippen LogP contribution is 2.27. The van der Waals surface area contributed by atoms with Gasteiger partial charge in [0.25, 0.3) is 5.91 Å². The Morgan fingerprint density at radius 1 is 1.25 bits per heavy atom. The standard InChI is InChI=1S/C19H25N3O2/c1-13(2)16-7-5-6-14(3)18(16)22-19(23)17-9-8-15(12-21-17)20-10-11-24-4/h5-9,12-13,20H,10-11H2,1-4H3,(H,22,23). The van der Waals surface area contributed by atoms with E-state index in [1.165, 1.54) is 0 Å². The number of methoxy groups -OCH3 is 1. The van der Waals surface area contributed by atoms with Crippen molar-refractivity contribution in [1.29, 1.82) is 0 Å². The Balaban J connectivity index is 2.10. The largest absolute Gasteiger partial charge is 0.383 e. The van der Waals surface area contributed by atoms with Crippen LogP contribution < -0.4 is 10.6 Å². The highest BCUT2D eigenvalue weighted by Gasteiger charge is 2.14. The average Bonchev–Trinajstić information content (AvgIpc) is 2.57. The number of hydrogen-bond donors (Lipinski definition) is 2. The molecule has 24 heavy (non-hydrogen) atoms. The number of rotatable bonds is 7. The van der Waals surface area contributed by atoms with E-state index in [-0.39, 0.29) is 5.91 Å². The van der Waals surface area contributed by atoms with Gasteiger partial charge in [0, 0.05) is 19.3 Å². The molecule has 1 amide bonds. The van der Waals surface area contributed by atoms with Crippen LogP contribution in [0.5, 0.6) is 0 Å². The lowest BCUT2D eigenvalue weighted by Crippen LogP contribution is -2.16. The van der Waals surface area contributed by atoms with Gasteiger partial charge in [-0.25, -0.2) is 4.98 Å². The number of benzene rings is 1. The predicted octanol–water partition coefficient (Wildman–Crippen LogP) is 3.82. The SMILES string of the molecule is COCCNc1ccc(C(=O)Nc2c(C)cccc2C(C)C)nc1. The summed E-state index contributed by atoms with van der Waals surface area (Å²) in [7, 11) is 1.66. The first kappa shape index (κ1) is 17.9. The normalized spacial score (nSPS) is 10.7. The molecule has 1 heterocycles. The lowest BCUT2D eigenvalue weighted by Gasteiger charge is -2.16. The molecular formula is C19H25N3O2.